The van der Waals surface area contributed by atoms with Crippen LogP contribution >= 0.6 is 0 Å². The lowest BCUT2D eigenvalue weighted by molar-refractivity contribution is -0.132. The summed E-state index contributed by atoms with van der Waals surface area (Å²) in [5, 5.41) is 9.22. The van der Waals surface area contributed by atoms with Crippen molar-refractivity contribution in [2.45, 2.75) is 70.2 Å². The molecule has 2 saturated heterocycles. The summed E-state index contributed by atoms with van der Waals surface area (Å²) in [5.74, 6) is -0.304. The van der Waals surface area contributed by atoms with Crippen LogP contribution in [0.25, 0.3) is 11.1 Å². The van der Waals surface area contributed by atoms with Gasteiger partial charge in [0.25, 0.3) is 0 Å². The predicted octanol–water partition coefficient (Wildman–Crippen LogP) is 3.66. The number of rotatable bonds is 7. The molecule has 4 rings (SSSR count). The molecule has 2 aliphatic rings. The van der Waals surface area contributed by atoms with Crippen LogP contribution in [0, 0.1) is 17.1 Å². The van der Waals surface area contributed by atoms with Crippen LogP contribution in [0.2, 0.25) is 0 Å². The van der Waals surface area contributed by atoms with Crippen molar-refractivity contribution in [3.05, 3.63) is 47.9 Å². The maximum atomic E-state index is 14.9. The highest BCUT2D eigenvalue weighted by Crippen LogP contribution is 2.25. The molecule has 3 heterocycles. The minimum Gasteiger partial charge on any atom is -0.474 e. The number of nitriles is 1. The number of aromatic nitrogens is 1. The summed E-state index contributed by atoms with van der Waals surface area (Å²) >= 11 is 0. The maximum absolute atomic E-state index is 14.9. The number of carbonyl (C=O) groups is 2. The highest BCUT2D eigenvalue weighted by Gasteiger charge is 2.32. The topological polar surface area (TPSA) is 122 Å². The zero-order valence-electron chi connectivity index (χ0n) is 21.8. The molecule has 2 amide bonds. The van der Waals surface area contributed by atoms with E-state index in [0.717, 1.165) is 12.0 Å². The number of nitrogens with zero attached hydrogens (tertiary/aromatic N) is 4. The molecule has 10 heteroatoms. The van der Waals surface area contributed by atoms with E-state index in [-0.39, 0.29) is 30.6 Å². The zero-order valence-corrected chi connectivity index (χ0v) is 21.8. The molecule has 2 fully saturated rings. The third-order valence-corrected chi connectivity index (χ3v) is 6.89. The van der Waals surface area contributed by atoms with E-state index >= 15 is 0 Å². The number of piperidine rings is 1. The van der Waals surface area contributed by atoms with Crippen molar-refractivity contribution < 1.29 is 23.5 Å². The number of likely N-dealkylation sites (tertiary alicyclic amines) is 2. The SMILES string of the molecule is CC(C)OC(=O)N1CCC(Oc2ccc(-c3ccc(CC(N)C(=O)N4CCC[C@H]4C#N)c(F)c3)cn2)CC1. The van der Waals surface area contributed by atoms with Gasteiger partial charge in [0.05, 0.1) is 18.2 Å². The molecule has 0 bridgehead atoms. The predicted molar refractivity (Wildman–Crippen MR) is 138 cm³/mol. The number of nitrogens with two attached hydrogens (primary N) is 1. The van der Waals surface area contributed by atoms with Gasteiger partial charge in [-0.05, 0) is 56.4 Å². The summed E-state index contributed by atoms with van der Waals surface area (Å²) in [7, 11) is 0. The summed E-state index contributed by atoms with van der Waals surface area (Å²) in [5.41, 5.74) is 7.80. The van der Waals surface area contributed by atoms with Crippen molar-refractivity contribution in [2.24, 2.45) is 5.73 Å². The van der Waals surface area contributed by atoms with Crippen LogP contribution in [0.4, 0.5) is 9.18 Å². The number of ether oxygens (including phenoxy) is 2. The van der Waals surface area contributed by atoms with Crippen LogP contribution in [0.5, 0.6) is 5.88 Å². The van der Waals surface area contributed by atoms with Crippen LogP contribution in [-0.2, 0) is 16.0 Å². The number of carbonyl (C=O) groups excluding carboxylic acids is 2. The minimum absolute atomic E-state index is 0.0518. The van der Waals surface area contributed by atoms with E-state index in [9.17, 15) is 19.2 Å². The molecule has 9 nitrogen and oxygen atoms in total. The monoisotopic (exact) mass is 523 g/mol. The molecular weight excluding hydrogens is 489 g/mol. The standard InChI is InChI=1S/C28H34FN5O4/c1-18(2)37-28(36)33-12-9-23(10-13-33)38-26-8-7-21(17-32-26)19-5-6-20(24(29)14-19)15-25(31)27(35)34-11-3-4-22(34)16-30/h5-8,14,17-18,22-23,25H,3-4,9-13,15,31H2,1-2H3/t22-,25?/m0/s1. The minimum atomic E-state index is -0.907. The fourth-order valence-electron chi connectivity index (χ4n) is 4.82. The Balaban J connectivity index is 1.31. The number of hydrogen-bond acceptors (Lipinski definition) is 7. The van der Waals surface area contributed by atoms with Crippen molar-refractivity contribution in [1.82, 2.24) is 14.8 Å². The smallest absolute Gasteiger partial charge is 0.410 e. The third kappa shape index (κ3) is 6.58. The Bertz CT molecular complexity index is 1170. The molecule has 0 radical (unpaired) electrons. The molecule has 2 aromatic rings. The van der Waals surface area contributed by atoms with E-state index in [1.165, 1.54) is 11.0 Å². The Kier molecular flexibility index (Phi) is 8.79. The van der Waals surface area contributed by atoms with Gasteiger partial charge < -0.3 is 25.0 Å². The Morgan fingerprint density at radius 2 is 1.89 bits per heavy atom. The Morgan fingerprint density at radius 3 is 2.53 bits per heavy atom. The molecule has 2 N–H and O–H groups in total. The molecule has 1 unspecified atom stereocenters. The van der Waals surface area contributed by atoms with E-state index in [2.05, 4.69) is 11.1 Å². The average Bonchev–Trinajstić information content (AvgIpc) is 3.39. The third-order valence-electron chi connectivity index (χ3n) is 6.89. The highest BCUT2D eigenvalue weighted by atomic mass is 19.1. The second-order valence-corrected chi connectivity index (χ2v) is 10.1. The van der Waals surface area contributed by atoms with Crippen LogP contribution in [-0.4, -0.2) is 70.7 Å². The lowest BCUT2D eigenvalue weighted by Gasteiger charge is -2.31. The molecule has 2 aliphatic heterocycles. The summed E-state index contributed by atoms with van der Waals surface area (Å²) < 4.78 is 26.1. The average molecular weight is 524 g/mol. The molecule has 202 valence electrons. The Labute approximate surface area is 222 Å². The quantitative estimate of drug-likeness (QED) is 0.588. The van der Waals surface area contributed by atoms with Crippen LogP contribution in [0.15, 0.2) is 36.5 Å². The van der Waals surface area contributed by atoms with Crippen LogP contribution in [0.3, 0.4) is 0 Å². The molecule has 0 saturated carbocycles. The second-order valence-electron chi connectivity index (χ2n) is 10.1. The normalized spacial score (nSPS) is 18.8. The van der Waals surface area contributed by atoms with Gasteiger partial charge in [-0.1, -0.05) is 12.1 Å². The summed E-state index contributed by atoms with van der Waals surface area (Å²) in [6.45, 7) is 5.28. The van der Waals surface area contributed by atoms with Gasteiger partial charge in [-0.25, -0.2) is 14.2 Å². The first-order valence-corrected chi connectivity index (χ1v) is 13.1. The maximum Gasteiger partial charge on any atom is 0.410 e. The van der Waals surface area contributed by atoms with Gasteiger partial charge in [0.15, 0.2) is 0 Å². The van der Waals surface area contributed by atoms with Crippen LogP contribution in [0.1, 0.15) is 45.1 Å². The highest BCUT2D eigenvalue weighted by molar-refractivity contribution is 5.83. The van der Waals surface area contributed by atoms with Crippen molar-refractivity contribution in [3.8, 4) is 23.1 Å². The lowest BCUT2D eigenvalue weighted by atomic mass is 10.0. The molecular formula is C28H34FN5O4. The number of pyridine rings is 1. The Hall–Kier alpha value is -3.71. The van der Waals surface area contributed by atoms with E-state index in [4.69, 9.17) is 15.2 Å². The van der Waals surface area contributed by atoms with E-state index in [1.807, 2.05) is 19.9 Å². The zero-order chi connectivity index (χ0) is 27.2. The van der Waals surface area contributed by atoms with Gasteiger partial charge in [0, 0.05) is 50.3 Å². The fraction of sp³-hybridized carbons (Fsp3) is 0.500. The molecule has 2 atom stereocenters. The van der Waals surface area contributed by atoms with E-state index in [1.54, 1.807) is 29.3 Å². The van der Waals surface area contributed by atoms with Gasteiger partial charge in [-0.15, -0.1) is 0 Å². The molecule has 1 aromatic heterocycles. The van der Waals surface area contributed by atoms with Crippen molar-refractivity contribution in [3.63, 3.8) is 0 Å². The van der Waals surface area contributed by atoms with Gasteiger partial charge >= 0.3 is 6.09 Å². The largest absolute Gasteiger partial charge is 0.474 e. The lowest BCUT2D eigenvalue weighted by Crippen LogP contribution is -2.46. The first-order chi connectivity index (χ1) is 18.2. The number of halogens is 1. The van der Waals surface area contributed by atoms with Gasteiger partial charge in [0.2, 0.25) is 11.8 Å². The van der Waals surface area contributed by atoms with E-state index < -0.39 is 17.9 Å². The summed E-state index contributed by atoms with van der Waals surface area (Å²) in [4.78, 5) is 32.3. The fourth-order valence-corrected chi connectivity index (χ4v) is 4.82. The van der Waals surface area contributed by atoms with Gasteiger partial charge in [-0.2, -0.15) is 5.26 Å². The van der Waals surface area contributed by atoms with Gasteiger partial charge in [0.1, 0.15) is 18.0 Å². The van der Waals surface area contributed by atoms with Crippen molar-refractivity contribution in [1.29, 1.82) is 5.26 Å². The Morgan fingerprint density at radius 1 is 1.16 bits per heavy atom. The first kappa shape index (κ1) is 27.3. The first-order valence-electron chi connectivity index (χ1n) is 13.1. The molecule has 0 spiro atoms. The molecule has 1 aromatic carbocycles. The number of benzene rings is 1. The number of hydrogen-bond donors (Lipinski definition) is 1. The summed E-state index contributed by atoms with van der Waals surface area (Å²) in [6, 6.07) is 9.14. The van der Waals surface area contributed by atoms with Crippen molar-refractivity contribution in [2.75, 3.05) is 19.6 Å². The summed E-state index contributed by atoms with van der Waals surface area (Å²) in [6.07, 6.45) is 3.96. The van der Waals surface area contributed by atoms with Gasteiger partial charge in [-0.3, -0.25) is 4.79 Å². The van der Waals surface area contributed by atoms with Crippen molar-refractivity contribution >= 4 is 12.0 Å². The molecule has 0 aliphatic carbocycles. The van der Waals surface area contributed by atoms with Crippen LogP contribution < -0.4 is 10.5 Å². The number of amides is 2. The molecule has 38 heavy (non-hydrogen) atoms. The van der Waals surface area contributed by atoms with E-state index in [0.29, 0.717) is 55.9 Å². The second kappa shape index (κ2) is 12.2.